The van der Waals surface area contributed by atoms with E-state index in [-0.39, 0.29) is 12.0 Å². The molecular weight excluding hydrogens is 254 g/mol. The minimum absolute atomic E-state index is 0.133. The molecule has 0 aliphatic carbocycles. The zero-order valence-corrected chi connectivity index (χ0v) is 11.7. The van der Waals surface area contributed by atoms with Crippen LogP contribution in [0.5, 0.6) is 5.75 Å². The molecular formula is C16H21NO3. The van der Waals surface area contributed by atoms with Crippen molar-refractivity contribution in [3.8, 4) is 5.75 Å². The molecule has 0 spiro atoms. The van der Waals surface area contributed by atoms with E-state index in [9.17, 15) is 4.79 Å². The highest BCUT2D eigenvalue weighted by molar-refractivity contribution is 5.94. The maximum atomic E-state index is 12.2. The van der Waals surface area contributed by atoms with E-state index in [1.54, 1.807) is 0 Å². The van der Waals surface area contributed by atoms with Crippen LogP contribution in [0.2, 0.25) is 0 Å². The molecule has 0 radical (unpaired) electrons. The second-order valence-electron chi connectivity index (χ2n) is 5.47. The Hall–Kier alpha value is -1.55. The van der Waals surface area contributed by atoms with Crippen molar-refractivity contribution in [2.45, 2.75) is 31.8 Å². The fourth-order valence-electron chi connectivity index (χ4n) is 2.76. The Morgan fingerprint density at radius 1 is 1.20 bits per heavy atom. The molecule has 0 saturated carbocycles. The van der Waals surface area contributed by atoms with E-state index in [0.29, 0.717) is 6.61 Å². The molecule has 3 rings (SSSR count). The summed E-state index contributed by atoms with van der Waals surface area (Å²) in [6.45, 7) is 3.21. The van der Waals surface area contributed by atoms with E-state index >= 15 is 0 Å². The molecule has 1 aromatic rings. The Morgan fingerprint density at radius 2 is 1.95 bits per heavy atom. The van der Waals surface area contributed by atoms with Gasteiger partial charge >= 0.3 is 0 Å². The summed E-state index contributed by atoms with van der Waals surface area (Å²) in [4.78, 5) is 14.1. The van der Waals surface area contributed by atoms with Crippen molar-refractivity contribution in [3.05, 3.63) is 29.8 Å². The molecule has 2 heterocycles. The Balaban J connectivity index is 1.54. The second-order valence-corrected chi connectivity index (χ2v) is 5.47. The van der Waals surface area contributed by atoms with Crippen LogP contribution in [0.25, 0.3) is 0 Å². The molecule has 1 amide bonds. The van der Waals surface area contributed by atoms with Gasteiger partial charge in [-0.15, -0.1) is 0 Å². The number of amides is 1. The minimum Gasteiger partial charge on any atom is -0.491 e. The van der Waals surface area contributed by atoms with Gasteiger partial charge in [0.1, 0.15) is 12.4 Å². The van der Waals surface area contributed by atoms with Crippen LogP contribution in [0.15, 0.2) is 24.3 Å². The van der Waals surface area contributed by atoms with Crippen LogP contribution >= 0.6 is 0 Å². The summed E-state index contributed by atoms with van der Waals surface area (Å²) in [6, 6.07) is 7.45. The van der Waals surface area contributed by atoms with Crippen molar-refractivity contribution in [2.24, 2.45) is 0 Å². The molecule has 1 aromatic carbocycles. The number of carbonyl (C=O) groups is 1. The van der Waals surface area contributed by atoms with Gasteiger partial charge in [0.05, 0.1) is 6.10 Å². The highest BCUT2D eigenvalue weighted by Crippen LogP contribution is 2.18. The first-order chi connectivity index (χ1) is 9.83. The normalized spacial score (nSPS) is 22.2. The monoisotopic (exact) mass is 275 g/mol. The number of nitrogens with zero attached hydrogens (tertiary/aromatic N) is 1. The fraction of sp³-hybridized carbons (Fsp3) is 0.562. The lowest BCUT2D eigenvalue weighted by molar-refractivity contribution is 0.0679. The van der Waals surface area contributed by atoms with Crippen LogP contribution in [-0.2, 0) is 4.74 Å². The number of hydrogen-bond acceptors (Lipinski definition) is 3. The van der Waals surface area contributed by atoms with Gasteiger partial charge in [-0.1, -0.05) is 0 Å². The summed E-state index contributed by atoms with van der Waals surface area (Å²) < 4.78 is 11.2. The van der Waals surface area contributed by atoms with Crippen LogP contribution in [-0.4, -0.2) is 43.2 Å². The SMILES string of the molecule is O=C(c1ccc(OCC2CCCO2)cc1)N1CCCC1. The Morgan fingerprint density at radius 3 is 2.60 bits per heavy atom. The van der Waals surface area contributed by atoms with Crippen LogP contribution in [0.1, 0.15) is 36.0 Å². The van der Waals surface area contributed by atoms with Gasteiger partial charge in [0, 0.05) is 25.3 Å². The molecule has 2 aliphatic heterocycles. The first-order valence-corrected chi connectivity index (χ1v) is 7.47. The average Bonchev–Trinajstić information content (AvgIpc) is 3.18. The molecule has 1 unspecified atom stereocenters. The van der Waals surface area contributed by atoms with E-state index in [4.69, 9.17) is 9.47 Å². The van der Waals surface area contributed by atoms with E-state index < -0.39 is 0 Å². The Bertz CT molecular complexity index is 445. The largest absolute Gasteiger partial charge is 0.491 e. The highest BCUT2D eigenvalue weighted by atomic mass is 16.5. The molecule has 0 bridgehead atoms. The summed E-state index contributed by atoms with van der Waals surface area (Å²) in [5, 5.41) is 0. The maximum absolute atomic E-state index is 12.2. The molecule has 4 nitrogen and oxygen atoms in total. The van der Waals surface area contributed by atoms with Crippen LogP contribution in [0, 0.1) is 0 Å². The smallest absolute Gasteiger partial charge is 0.253 e. The molecule has 2 fully saturated rings. The third-order valence-electron chi connectivity index (χ3n) is 3.95. The minimum atomic E-state index is 0.133. The van der Waals surface area contributed by atoms with Crippen molar-refractivity contribution in [2.75, 3.05) is 26.3 Å². The second kappa shape index (κ2) is 6.27. The van der Waals surface area contributed by atoms with Crippen molar-refractivity contribution >= 4 is 5.91 Å². The van der Waals surface area contributed by atoms with Gasteiger partial charge in [-0.05, 0) is 49.9 Å². The molecule has 2 aliphatic rings. The van der Waals surface area contributed by atoms with Crippen LogP contribution < -0.4 is 4.74 Å². The molecule has 108 valence electrons. The summed E-state index contributed by atoms with van der Waals surface area (Å²) in [5.74, 6) is 0.937. The van der Waals surface area contributed by atoms with E-state index in [1.165, 1.54) is 0 Å². The number of likely N-dealkylation sites (tertiary alicyclic amines) is 1. The van der Waals surface area contributed by atoms with E-state index in [1.807, 2.05) is 29.2 Å². The number of hydrogen-bond donors (Lipinski definition) is 0. The molecule has 20 heavy (non-hydrogen) atoms. The van der Waals surface area contributed by atoms with E-state index in [0.717, 1.165) is 56.7 Å². The van der Waals surface area contributed by atoms with Gasteiger partial charge in [-0.25, -0.2) is 0 Å². The lowest BCUT2D eigenvalue weighted by Gasteiger charge is -2.15. The van der Waals surface area contributed by atoms with Crippen molar-refractivity contribution in [1.29, 1.82) is 0 Å². The highest BCUT2D eigenvalue weighted by Gasteiger charge is 2.19. The zero-order chi connectivity index (χ0) is 13.8. The molecule has 2 saturated heterocycles. The third-order valence-corrected chi connectivity index (χ3v) is 3.95. The van der Waals surface area contributed by atoms with Crippen molar-refractivity contribution in [3.63, 3.8) is 0 Å². The van der Waals surface area contributed by atoms with Crippen molar-refractivity contribution in [1.82, 2.24) is 4.90 Å². The first kappa shape index (κ1) is 13.4. The predicted octanol–water partition coefficient (Wildman–Crippen LogP) is 2.48. The van der Waals surface area contributed by atoms with Gasteiger partial charge in [0.2, 0.25) is 0 Å². The molecule has 0 aromatic heterocycles. The van der Waals surface area contributed by atoms with Crippen molar-refractivity contribution < 1.29 is 14.3 Å². The zero-order valence-electron chi connectivity index (χ0n) is 11.7. The molecule has 1 atom stereocenters. The van der Waals surface area contributed by atoms with Crippen LogP contribution in [0.4, 0.5) is 0 Å². The lowest BCUT2D eigenvalue weighted by atomic mass is 10.2. The van der Waals surface area contributed by atoms with Gasteiger partial charge in [-0.2, -0.15) is 0 Å². The number of benzene rings is 1. The topological polar surface area (TPSA) is 38.8 Å². The van der Waals surface area contributed by atoms with Gasteiger partial charge < -0.3 is 14.4 Å². The number of carbonyl (C=O) groups excluding carboxylic acids is 1. The summed E-state index contributed by atoms with van der Waals surface area (Å²) in [6.07, 6.45) is 4.66. The Labute approximate surface area is 119 Å². The predicted molar refractivity (Wildman–Crippen MR) is 76.0 cm³/mol. The maximum Gasteiger partial charge on any atom is 0.253 e. The third kappa shape index (κ3) is 3.12. The van der Waals surface area contributed by atoms with Gasteiger partial charge in [0.25, 0.3) is 5.91 Å². The quantitative estimate of drug-likeness (QED) is 0.847. The van der Waals surface area contributed by atoms with E-state index in [2.05, 4.69) is 0 Å². The van der Waals surface area contributed by atoms with Gasteiger partial charge in [-0.3, -0.25) is 4.79 Å². The Kier molecular flexibility index (Phi) is 4.21. The number of ether oxygens (including phenoxy) is 2. The molecule has 0 N–H and O–H groups in total. The van der Waals surface area contributed by atoms with Gasteiger partial charge in [0.15, 0.2) is 0 Å². The standard InChI is InChI=1S/C16H21NO3/c18-16(17-9-1-2-10-17)13-5-7-14(8-6-13)20-12-15-4-3-11-19-15/h5-8,15H,1-4,9-12H2. The number of rotatable bonds is 4. The fourth-order valence-corrected chi connectivity index (χ4v) is 2.76. The lowest BCUT2D eigenvalue weighted by Crippen LogP contribution is -2.27. The molecule has 4 heteroatoms. The van der Waals surface area contributed by atoms with Crippen LogP contribution in [0.3, 0.4) is 0 Å². The summed E-state index contributed by atoms with van der Waals surface area (Å²) in [5.41, 5.74) is 0.747. The summed E-state index contributed by atoms with van der Waals surface area (Å²) in [7, 11) is 0. The summed E-state index contributed by atoms with van der Waals surface area (Å²) >= 11 is 0. The first-order valence-electron chi connectivity index (χ1n) is 7.47. The average molecular weight is 275 g/mol.